The quantitative estimate of drug-likeness (QED) is 0.549. The van der Waals surface area contributed by atoms with Crippen molar-refractivity contribution < 1.29 is 23.1 Å². The Morgan fingerprint density at radius 3 is 2.34 bits per heavy atom. The van der Waals surface area contributed by atoms with E-state index in [1.165, 1.54) is 13.2 Å². The molecule has 0 aliphatic heterocycles. The highest BCUT2D eigenvalue weighted by atomic mass is 19.2. The molecule has 0 heterocycles. The van der Waals surface area contributed by atoms with E-state index >= 15 is 0 Å². The number of hydrogen-bond acceptors (Lipinski definition) is 4. The Kier molecular flexibility index (Phi) is 7.51. The molecule has 0 radical (unpaired) electrons. The molecular formula is C24H23F2N3O3. The standard InChI is InChI=1S/C24H23F2N3O3/c1-29(14-16-7-12-19(25)20(26)13-16)15-23(30)27-18-10-8-17(9-11-18)24(31)28-21-5-3-4-6-22(21)32-2/h3-13H,14-15H2,1-2H3,(H,27,30)(H,28,31). The average molecular weight is 439 g/mol. The molecule has 0 bridgehead atoms. The van der Waals surface area contributed by atoms with Crippen LogP contribution in [0.2, 0.25) is 0 Å². The summed E-state index contributed by atoms with van der Waals surface area (Å²) in [6.07, 6.45) is 0. The number of nitrogens with zero attached hydrogens (tertiary/aromatic N) is 1. The van der Waals surface area contributed by atoms with Crippen LogP contribution in [0.1, 0.15) is 15.9 Å². The third-order valence-electron chi connectivity index (χ3n) is 4.64. The number of ether oxygens (including phenoxy) is 1. The van der Waals surface area contributed by atoms with Gasteiger partial charge in [0.1, 0.15) is 5.75 Å². The van der Waals surface area contributed by atoms with Crippen LogP contribution < -0.4 is 15.4 Å². The Bertz CT molecular complexity index is 1100. The Labute approximate surface area is 184 Å². The zero-order valence-corrected chi connectivity index (χ0v) is 17.7. The van der Waals surface area contributed by atoms with Gasteiger partial charge in [-0.2, -0.15) is 0 Å². The van der Waals surface area contributed by atoms with Gasteiger partial charge in [-0.15, -0.1) is 0 Å². The molecule has 0 aliphatic carbocycles. The van der Waals surface area contributed by atoms with E-state index in [9.17, 15) is 18.4 Å². The lowest BCUT2D eigenvalue weighted by atomic mass is 10.2. The number of amides is 2. The van der Waals surface area contributed by atoms with Gasteiger partial charge < -0.3 is 15.4 Å². The molecule has 3 aromatic carbocycles. The maximum atomic E-state index is 13.3. The first-order valence-corrected chi connectivity index (χ1v) is 9.82. The van der Waals surface area contributed by atoms with E-state index in [0.29, 0.717) is 28.3 Å². The van der Waals surface area contributed by atoms with Crippen molar-refractivity contribution in [2.45, 2.75) is 6.54 Å². The highest BCUT2D eigenvalue weighted by molar-refractivity contribution is 6.05. The zero-order chi connectivity index (χ0) is 23.1. The third-order valence-corrected chi connectivity index (χ3v) is 4.64. The van der Waals surface area contributed by atoms with E-state index in [-0.39, 0.29) is 24.9 Å². The number of methoxy groups -OCH3 is 1. The number of para-hydroxylation sites is 2. The molecule has 2 amide bonds. The Morgan fingerprint density at radius 1 is 0.938 bits per heavy atom. The maximum absolute atomic E-state index is 13.3. The van der Waals surface area contributed by atoms with Crippen molar-refractivity contribution in [1.82, 2.24) is 4.90 Å². The van der Waals surface area contributed by atoms with E-state index in [0.717, 1.165) is 12.1 Å². The predicted octanol–water partition coefficient (Wildman–Crippen LogP) is 4.30. The highest BCUT2D eigenvalue weighted by Crippen LogP contribution is 2.24. The Hall–Kier alpha value is -3.78. The van der Waals surface area contributed by atoms with Gasteiger partial charge in [-0.25, -0.2) is 8.78 Å². The van der Waals surface area contributed by atoms with Crippen LogP contribution in [0.3, 0.4) is 0 Å². The largest absolute Gasteiger partial charge is 0.495 e. The number of carbonyl (C=O) groups excluding carboxylic acids is 2. The summed E-state index contributed by atoms with van der Waals surface area (Å²) in [5.41, 5.74) is 2.07. The van der Waals surface area contributed by atoms with Crippen molar-refractivity contribution in [3.8, 4) is 5.75 Å². The minimum Gasteiger partial charge on any atom is -0.495 e. The second-order valence-electron chi connectivity index (χ2n) is 7.20. The van der Waals surface area contributed by atoms with Crippen LogP contribution in [0.5, 0.6) is 5.75 Å². The number of carbonyl (C=O) groups is 2. The summed E-state index contributed by atoms with van der Waals surface area (Å²) in [6.45, 7) is 0.335. The van der Waals surface area contributed by atoms with E-state index in [1.807, 2.05) is 0 Å². The van der Waals surface area contributed by atoms with Crippen molar-refractivity contribution >= 4 is 23.2 Å². The summed E-state index contributed by atoms with van der Waals surface area (Å²) in [5.74, 6) is -1.86. The monoisotopic (exact) mass is 439 g/mol. The normalized spacial score (nSPS) is 10.7. The molecule has 32 heavy (non-hydrogen) atoms. The average Bonchev–Trinajstić information content (AvgIpc) is 2.77. The molecule has 2 N–H and O–H groups in total. The van der Waals surface area contributed by atoms with Crippen LogP contribution in [-0.2, 0) is 11.3 Å². The van der Waals surface area contributed by atoms with Gasteiger partial charge in [0.15, 0.2) is 11.6 Å². The summed E-state index contributed by atoms with van der Waals surface area (Å²) < 4.78 is 31.6. The fraction of sp³-hybridized carbons (Fsp3) is 0.167. The van der Waals surface area contributed by atoms with Gasteiger partial charge in [0.05, 0.1) is 19.3 Å². The zero-order valence-electron chi connectivity index (χ0n) is 17.7. The molecule has 8 heteroatoms. The topological polar surface area (TPSA) is 70.7 Å². The van der Waals surface area contributed by atoms with Crippen LogP contribution in [-0.4, -0.2) is 37.4 Å². The first-order valence-electron chi connectivity index (χ1n) is 9.82. The summed E-state index contributed by atoms with van der Waals surface area (Å²) in [6, 6.07) is 17.2. The molecule has 0 saturated heterocycles. The molecule has 0 atom stereocenters. The first-order chi connectivity index (χ1) is 15.4. The molecule has 0 spiro atoms. The number of benzene rings is 3. The number of rotatable bonds is 8. The van der Waals surface area contributed by atoms with Gasteiger partial charge in [0.2, 0.25) is 5.91 Å². The van der Waals surface area contributed by atoms with Gasteiger partial charge in [0.25, 0.3) is 5.91 Å². The molecule has 0 unspecified atom stereocenters. The van der Waals surface area contributed by atoms with E-state index in [4.69, 9.17) is 4.74 Å². The summed E-state index contributed by atoms with van der Waals surface area (Å²) in [4.78, 5) is 26.4. The number of halogens is 2. The highest BCUT2D eigenvalue weighted by Gasteiger charge is 2.12. The number of hydrogen-bond donors (Lipinski definition) is 2. The summed E-state index contributed by atoms with van der Waals surface area (Å²) >= 11 is 0. The predicted molar refractivity (Wildman–Crippen MR) is 119 cm³/mol. The van der Waals surface area contributed by atoms with Crippen LogP contribution in [0.15, 0.2) is 66.7 Å². The van der Waals surface area contributed by atoms with Gasteiger partial charge in [0, 0.05) is 17.8 Å². The van der Waals surface area contributed by atoms with Gasteiger partial charge in [-0.05, 0) is 61.1 Å². The fourth-order valence-electron chi connectivity index (χ4n) is 3.10. The molecule has 0 aromatic heterocycles. The summed E-state index contributed by atoms with van der Waals surface area (Å²) in [5, 5.41) is 5.53. The van der Waals surface area contributed by atoms with Crippen LogP contribution in [0.25, 0.3) is 0 Å². The number of nitrogens with one attached hydrogen (secondary N) is 2. The van der Waals surface area contributed by atoms with Crippen molar-refractivity contribution in [3.05, 3.63) is 89.5 Å². The molecule has 0 fully saturated rings. The van der Waals surface area contributed by atoms with Crippen LogP contribution in [0, 0.1) is 11.6 Å². The Morgan fingerprint density at radius 2 is 1.66 bits per heavy atom. The number of likely N-dealkylation sites (N-methyl/N-ethyl adjacent to an activating group) is 1. The van der Waals surface area contributed by atoms with Crippen molar-refractivity contribution in [2.24, 2.45) is 0 Å². The SMILES string of the molecule is COc1ccccc1NC(=O)c1ccc(NC(=O)CN(C)Cc2ccc(F)c(F)c2)cc1. The lowest BCUT2D eigenvalue weighted by molar-refractivity contribution is -0.117. The lowest BCUT2D eigenvalue weighted by Gasteiger charge is -2.16. The lowest BCUT2D eigenvalue weighted by Crippen LogP contribution is -2.29. The van der Waals surface area contributed by atoms with Gasteiger partial charge in [-0.3, -0.25) is 14.5 Å². The number of anilines is 2. The fourth-order valence-corrected chi connectivity index (χ4v) is 3.10. The van der Waals surface area contributed by atoms with Gasteiger partial charge in [-0.1, -0.05) is 18.2 Å². The smallest absolute Gasteiger partial charge is 0.255 e. The van der Waals surface area contributed by atoms with Gasteiger partial charge >= 0.3 is 0 Å². The molecule has 0 saturated carbocycles. The van der Waals surface area contributed by atoms with Crippen LogP contribution >= 0.6 is 0 Å². The molecule has 6 nitrogen and oxygen atoms in total. The maximum Gasteiger partial charge on any atom is 0.255 e. The molecule has 166 valence electrons. The molecule has 3 aromatic rings. The second-order valence-corrected chi connectivity index (χ2v) is 7.20. The molecule has 0 aliphatic rings. The van der Waals surface area contributed by atoms with Crippen LogP contribution in [0.4, 0.5) is 20.2 Å². The molecule has 3 rings (SSSR count). The van der Waals surface area contributed by atoms with E-state index in [1.54, 1.807) is 60.5 Å². The minimum absolute atomic E-state index is 0.0506. The van der Waals surface area contributed by atoms with Crippen molar-refractivity contribution in [3.63, 3.8) is 0 Å². The molecular weight excluding hydrogens is 416 g/mol. The Balaban J connectivity index is 1.53. The first kappa shape index (κ1) is 22.9. The summed E-state index contributed by atoms with van der Waals surface area (Å²) in [7, 11) is 3.23. The minimum atomic E-state index is -0.921. The van der Waals surface area contributed by atoms with Crippen molar-refractivity contribution in [2.75, 3.05) is 31.3 Å². The van der Waals surface area contributed by atoms with E-state index < -0.39 is 11.6 Å². The second kappa shape index (κ2) is 10.5. The third kappa shape index (κ3) is 6.12. The van der Waals surface area contributed by atoms with Crippen molar-refractivity contribution in [1.29, 1.82) is 0 Å². The van der Waals surface area contributed by atoms with E-state index in [2.05, 4.69) is 10.6 Å².